The van der Waals surface area contributed by atoms with Crippen molar-refractivity contribution in [1.82, 2.24) is 13.7 Å². The van der Waals surface area contributed by atoms with Crippen LogP contribution >= 0.6 is 0 Å². The molecule has 3 aromatic heterocycles. The number of nitrogens with zero attached hydrogens (tertiary/aromatic N) is 6. The number of para-hydroxylation sites is 4. The van der Waals surface area contributed by atoms with Gasteiger partial charge in [0.25, 0.3) is 0 Å². The minimum Gasteiger partial charge on any atom is -0.310 e. The quantitative estimate of drug-likeness (QED) is 0.167. The third kappa shape index (κ3) is 4.74. The first-order valence-electron chi connectivity index (χ1n) is 18.6. The average Bonchev–Trinajstić information content (AvgIpc) is 3.91. The number of benzene rings is 8. The maximum atomic E-state index is 10.5. The third-order valence-corrected chi connectivity index (χ3v) is 11.2. The van der Waals surface area contributed by atoms with E-state index in [2.05, 4.69) is 145 Å². The summed E-state index contributed by atoms with van der Waals surface area (Å²) in [6.45, 7) is 16.0. The molecular formula is C51H28N6. The van der Waals surface area contributed by atoms with E-state index >= 15 is 0 Å². The number of fused-ring (bicyclic) bond motifs is 9. The van der Waals surface area contributed by atoms with Crippen LogP contribution in [0.25, 0.3) is 103 Å². The van der Waals surface area contributed by atoms with Gasteiger partial charge in [-0.3, -0.25) is 0 Å². The van der Waals surface area contributed by atoms with Crippen LogP contribution in [-0.4, -0.2) is 13.7 Å². The van der Waals surface area contributed by atoms with Crippen LogP contribution in [0.1, 0.15) is 5.56 Å². The van der Waals surface area contributed by atoms with Crippen LogP contribution in [0.4, 0.5) is 11.4 Å². The van der Waals surface area contributed by atoms with Gasteiger partial charge >= 0.3 is 0 Å². The Bertz CT molecular complexity index is 3520. The molecule has 262 valence electrons. The minimum atomic E-state index is 0.500. The second-order valence-electron chi connectivity index (χ2n) is 14.3. The van der Waals surface area contributed by atoms with E-state index in [1.807, 2.05) is 54.6 Å². The van der Waals surface area contributed by atoms with Crippen LogP contribution in [0.5, 0.6) is 0 Å². The summed E-state index contributed by atoms with van der Waals surface area (Å²) in [4.78, 5) is 7.75. The lowest BCUT2D eigenvalue weighted by atomic mass is 10.0. The molecule has 0 aliphatic heterocycles. The lowest BCUT2D eigenvalue weighted by Gasteiger charge is -2.14. The van der Waals surface area contributed by atoms with Crippen LogP contribution < -0.4 is 0 Å². The summed E-state index contributed by atoms with van der Waals surface area (Å²) in [7, 11) is 0. The Kier molecular flexibility index (Phi) is 6.95. The zero-order chi connectivity index (χ0) is 38.2. The first-order valence-corrected chi connectivity index (χ1v) is 18.6. The van der Waals surface area contributed by atoms with Gasteiger partial charge in [0.15, 0.2) is 11.4 Å². The molecule has 0 radical (unpaired) electrons. The topological polar surface area (TPSA) is 47.3 Å². The molecule has 8 aromatic carbocycles. The molecular weight excluding hydrogens is 697 g/mol. The Labute approximate surface area is 327 Å². The molecule has 0 N–H and O–H groups in total. The van der Waals surface area contributed by atoms with Crippen molar-refractivity contribution < 1.29 is 0 Å². The molecule has 11 rings (SSSR count). The fourth-order valence-electron chi connectivity index (χ4n) is 8.88. The predicted octanol–water partition coefficient (Wildman–Crippen LogP) is 13.6. The van der Waals surface area contributed by atoms with E-state index in [1.165, 1.54) is 10.8 Å². The van der Waals surface area contributed by atoms with Crippen LogP contribution in [-0.2, 0) is 0 Å². The lowest BCUT2D eigenvalue weighted by Crippen LogP contribution is -1.98. The highest BCUT2D eigenvalue weighted by atomic mass is 15.0. The van der Waals surface area contributed by atoms with Crippen molar-refractivity contribution in [3.8, 4) is 34.3 Å². The Morgan fingerprint density at radius 2 is 0.895 bits per heavy atom. The summed E-state index contributed by atoms with van der Waals surface area (Å²) >= 11 is 0. The first kappa shape index (κ1) is 32.1. The minimum absolute atomic E-state index is 0.500. The van der Waals surface area contributed by atoms with Crippen molar-refractivity contribution in [1.29, 1.82) is 5.26 Å². The van der Waals surface area contributed by atoms with E-state index in [-0.39, 0.29) is 0 Å². The highest BCUT2D eigenvalue weighted by molar-refractivity contribution is 6.17. The SMILES string of the molecule is [C-]#[N+]c1cc(-c2cc(C#N)cc(-n3c4ccc([N+]#[C-])cc4c4c(-n5c6ccccc6c6ccccc65)cccc43)c2)cc(-n2c3ccccc3c3ccccc32)c1. The molecule has 0 aliphatic rings. The van der Waals surface area contributed by atoms with Crippen molar-refractivity contribution in [3.63, 3.8) is 0 Å². The number of hydrogen-bond acceptors (Lipinski definition) is 1. The fourth-order valence-corrected chi connectivity index (χ4v) is 8.88. The smallest absolute Gasteiger partial charge is 0.189 e. The molecule has 3 heterocycles. The van der Waals surface area contributed by atoms with Gasteiger partial charge in [0.1, 0.15) is 0 Å². The molecule has 0 bridgehead atoms. The number of hydrogen-bond donors (Lipinski definition) is 0. The summed E-state index contributed by atoms with van der Waals surface area (Å²) in [5.74, 6) is 0. The standard InChI is InChI=1S/C51H28N6/c1-53-35-22-23-48-43(30-35)51-49(20-11-21-50(51)57-46-18-9-5-14-41(46)42-15-6-10-19-47(42)57)56(48)37-25-32(31-52)24-33(27-37)34-26-36(54-2)29-38(28-34)55-44-16-7-3-12-39(44)40-13-4-8-17-45(40)55/h3-30H. The van der Waals surface area contributed by atoms with Crippen molar-refractivity contribution >= 4 is 76.8 Å². The van der Waals surface area contributed by atoms with E-state index in [0.29, 0.717) is 16.9 Å². The number of rotatable bonds is 4. The summed E-state index contributed by atoms with van der Waals surface area (Å²) < 4.78 is 6.74. The van der Waals surface area contributed by atoms with Crippen LogP contribution in [0.15, 0.2) is 170 Å². The van der Waals surface area contributed by atoms with Crippen LogP contribution in [0, 0.1) is 24.5 Å². The highest BCUT2D eigenvalue weighted by Gasteiger charge is 2.21. The fraction of sp³-hybridized carbons (Fsp3) is 0. The lowest BCUT2D eigenvalue weighted by molar-refractivity contribution is 1.17. The normalized spacial score (nSPS) is 11.5. The summed E-state index contributed by atoms with van der Waals surface area (Å²) in [5, 5.41) is 17.1. The Hall–Kier alpha value is -8.37. The molecule has 0 unspecified atom stereocenters. The maximum absolute atomic E-state index is 10.5. The Morgan fingerprint density at radius 1 is 0.404 bits per heavy atom. The molecule has 57 heavy (non-hydrogen) atoms. The van der Waals surface area contributed by atoms with Gasteiger partial charge in [-0.1, -0.05) is 84.9 Å². The van der Waals surface area contributed by atoms with Crippen LogP contribution in [0.3, 0.4) is 0 Å². The van der Waals surface area contributed by atoms with E-state index in [1.54, 1.807) is 0 Å². The van der Waals surface area contributed by atoms with Crippen molar-refractivity contribution in [2.75, 3.05) is 0 Å². The number of aromatic nitrogens is 3. The van der Waals surface area contributed by atoms with E-state index < -0.39 is 0 Å². The second kappa shape index (κ2) is 12.3. The first-order chi connectivity index (χ1) is 28.1. The molecule has 0 atom stereocenters. The van der Waals surface area contributed by atoms with Crippen LogP contribution in [0.2, 0.25) is 0 Å². The van der Waals surface area contributed by atoms with Gasteiger partial charge in [0, 0.05) is 38.3 Å². The predicted molar refractivity (Wildman–Crippen MR) is 232 cm³/mol. The number of nitriles is 1. The molecule has 0 amide bonds. The highest BCUT2D eigenvalue weighted by Crippen LogP contribution is 2.42. The Morgan fingerprint density at radius 3 is 1.47 bits per heavy atom. The summed E-state index contributed by atoms with van der Waals surface area (Å²) in [6.07, 6.45) is 0. The van der Waals surface area contributed by atoms with E-state index in [4.69, 9.17) is 13.1 Å². The molecule has 6 heteroatoms. The molecule has 0 saturated heterocycles. The molecule has 6 nitrogen and oxygen atoms in total. The summed E-state index contributed by atoms with van der Waals surface area (Å²) in [6, 6.07) is 60.1. The molecule has 0 fully saturated rings. The second-order valence-corrected chi connectivity index (χ2v) is 14.3. The average molecular weight is 725 g/mol. The third-order valence-electron chi connectivity index (χ3n) is 11.2. The van der Waals surface area contributed by atoms with Gasteiger partial charge in [-0.2, -0.15) is 5.26 Å². The van der Waals surface area contributed by atoms with Crippen molar-refractivity contribution in [2.45, 2.75) is 0 Å². The zero-order valence-electron chi connectivity index (χ0n) is 30.3. The van der Waals surface area contributed by atoms with Gasteiger partial charge in [-0.25, -0.2) is 9.69 Å². The zero-order valence-corrected chi connectivity index (χ0v) is 30.3. The molecule has 11 aromatic rings. The van der Waals surface area contributed by atoms with Gasteiger partial charge in [-0.05, 0) is 101 Å². The summed E-state index contributed by atoms with van der Waals surface area (Å²) in [5.41, 5.74) is 12.1. The maximum Gasteiger partial charge on any atom is 0.189 e. The van der Waals surface area contributed by atoms with Gasteiger partial charge in [0.2, 0.25) is 0 Å². The largest absolute Gasteiger partial charge is 0.310 e. The monoisotopic (exact) mass is 724 g/mol. The van der Waals surface area contributed by atoms with Crippen molar-refractivity contribution in [3.05, 3.63) is 198 Å². The molecule has 0 spiro atoms. The molecule has 0 saturated carbocycles. The van der Waals surface area contributed by atoms with Gasteiger partial charge in [-0.15, -0.1) is 0 Å². The van der Waals surface area contributed by atoms with E-state index in [9.17, 15) is 5.26 Å². The van der Waals surface area contributed by atoms with Gasteiger partial charge < -0.3 is 13.7 Å². The Balaban J connectivity index is 1.18. The van der Waals surface area contributed by atoms with E-state index in [0.717, 1.165) is 82.8 Å². The molecule has 0 aliphatic carbocycles. The van der Waals surface area contributed by atoms with Gasteiger partial charge in [0.05, 0.1) is 63.6 Å². The van der Waals surface area contributed by atoms with Crippen molar-refractivity contribution in [2.24, 2.45) is 0 Å².